The van der Waals surface area contributed by atoms with Gasteiger partial charge in [-0.05, 0) is 80.4 Å². The molecule has 172 valence electrons. The van der Waals surface area contributed by atoms with Gasteiger partial charge >= 0.3 is 0 Å². The molecule has 2 aliphatic heterocycles. The van der Waals surface area contributed by atoms with E-state index in [4.69, 9.17) is 9.97 Å². The van der Waals surface area contributed by atoms with Crippen LogP contribution in [0.15, 0.2) is 48.6 Å². The zero-order chi connectivity index (χ0) is 22.6. The van der Waals surface area contributed by atoms with Crippen molar-refractivity contribution in [2.75, 3.05) is 13.1 Å². The van der Waals surface area contributed by atoms with Crippen molar-refractivity contribution < 1.29 is 0 Å². The summed E-state index contributed by atoms with van der Waals surface area (Å²) in [6, 6.07) is 13.9. The van der Waals surface area contributed by atoms with Gasteiger partial charge in [-0.3, -0.25) is 0 Å². The maximum absolute atomic E-state index is 5.08. The summed E-state index contributed by atoms with van der Waals surface area (Å²) in [6.07, 6.45) is 6.69. The summed E-state index contributed by atoms with van der Waals surface area (Å²) < 4.78 is 0. The van der Waals surface area contributed by atoms with Crippen molar-refractivity contribution in [1.82, 2.24) is 30.6 Å². The lowest BCUT2D eigenvalue weighted by atomic mass is 9.96. The van der Waals surface area contributed by atoms with E-state index in [1.165, 1.54) is 46.4 Å². The highest BCUT2D eigenvalue weighted by molar-refractivity contribution is 5.83. The fourth-order valence-electron chi connectivity index (χ4n) is 5.88. The lowest BCUT2D eigenvalue weighted by molar-refractivity contribution is 0.610. The van der Waals surface area contributed by atoms with E-state index in [9.17, 15) is 0 Å². The van der Waals surface area contributed by atoms with E-state index in [2.05, 4.69) is 63.6 Å². The predicted molar refractivity (Wildman–Crippen MR) is 136 cm³/mol. The van der Waals surface area contributed by atoms with Crippen LogP contribution in [-0.2, 0) is 12.8 Å². The fraction of sp³-hybridized carbons (Fsp3) is 0.357. The number of nitrogens with zero attached hydrogens (tertiary/aromatic N) is 2. The molecule has 34 heavy (non-hydrogen) atoms. The average molecular weight is 451 g/mol. The Morgan fingerprint density at radius 1 is 0.824 bits per heavy atom. The van der Waals surface area contributed by atoms with Gasteiger partial charge in [0.15, 0.2) is 0 Å². The molecule has 2 unspecified atom stereocenters. The Labute approximate surface area is 199 Å². The van der Waals surface area contributed by atoms with Crippen LogP contribution in [-0.4, -0.2) is 33.0 Å². The Morgan fingerprint density at radius 2 is 1.74 bits per heavy atom. The Hall–Kier alpha value is -3.22. The van der Waals surface area contributed by atoms with Crippen molar-refractivity contribution in [3.63, 3.8) is 0 Å². The van der Waals surface area contributed by atoms with Gasteiger partial charge in [-0.2, -0.15) is 0 Å². The number of imidazole rings is 2. The van der Waals surface area contributed by atoms with E-state index in [0.29, 0.717) is 6.04 Å². The first-order valence-electron chi connectivity index (χ1n) is 12.6. The molecule has 4 aromatic rings. The molecule has 2 saturated heterocycles. The molecule has 4 heterocycles. The smallest absolute Gasteiger partial charge is 0.128 e. The number of hydrogen-bond donors (Lipinski definition) is 4. The third-order valence-electron chi connectivity index (χ3n) is 7.73. The zero-order valence-electron chi connectivity index (χ0n) is 19.4. The molecular weight excluding hydrogens is 420 g/mol. The second kappa shape index (κ2) is 7.93. The van der Waals surface area contributed by atoms with Crippen LogP contribution >= 0.6 is 0 Å². The van der Waals surface area contributed by atoms with Crippen LogP contribution < -0.4 is 10.6 Å². The maximum atomic E-state index is 5.08. The van der Waals surface area contributed by atoms with Crippen molar-refractivity contribution in [3.05, 3.63) is 71.5 Å². The molecule has 0 amide bonds. The lowest BCUT2D eigenvalue weighted by Gasteiger charge is -2.10. The second-order valence-corrected chi connectivity index (χ2v) is 9.97. The van der Waals surface area contributed by atoms with E-state index >= 15 is 0 Å². The van der Waals surface area contributed by atoms with Gasteiger partial charge in [-0.1, -0.05) is 36.4 Å². The number of H-pyrrole nitrogens is 2. The van der Waals surface area contributed by atoms with Crippen molar-refractivity contribution in [2.24, 2.45) is 0 Å². The third-order valence-corrected chi connectivity index (χ3v) is 7.73. The van der Waals surface area contributed by atoms with Gasteiger partial charge in [0.2, 0.25) is 0 Å². The van der Waals surface area contributed by atoms with Gasteiger partial charge in [0.25, 0.3) is 0 Å². The van der Waals surface area contributed by atoms with Crippen LogP contribution in [0.3, 0.4) is 0 Å². The van der Waals surface area contributed by atoms with Gasteiger partial charge < -0.3 is 20.6 Å². The van der Waals surface area contributed by atoms with Gasteiger partial charge in [-0.15, -0.1) is 0 Å². The second-order valence-electron chi connectivity index (χ2n) is 9.97. The van der Waals surface area contributed by atoms with E-state index in [1.807, 2.05) is 0 Å². The molecule has 6 nitrogen and oxygen atoms in total. The minimum atomic E-state index is 0.135. The number of rotatable bonds is 3. The largest absolute Gasteiger partial charge is 0.344 e. The summed E-state index contributed by atoms with van der Waals surface area (Å²) >= 11 is 0. The summed E-state index contributed by atoms with van der Waals surface area (Å²) in [4.78, 5) is 17.1. The number of aromatic nitrogens is 4. The molecule has 2 aromatic heterocycles. The Kier molecular flexibility index (Phi) is 4.71. The first kappa shape index (κ1) is 20.2. The summed E-state index contributed by atoms with van der Waals surface area (Å²) in [5, 5.41) is 7.07. The molecule has 0 spiro atoms. The molecule has 2 aromatic carbocycles. The average Bonchev–Trinajstić information content (AvgIpc) is 3.64. The molecular formula is C28H30N6. The first-order chi connectivity index (χ1) is 16.7. The fourth-order valence-corrected chi connectivity index (χ4v) is 5.88. The quantitative estimate of drug-likeness (QED) is 0.327. The number of hydrogen-bond acceptors (Lipinski definition) is 4. The molecule has 0 radical (unpaired) electrons. The Bertz CT molecular complexity index is 1400. The number of nitrogens with one attached hydrogen (secondary N) is 4. The standard InChI is InChI=1S/C28H30N6/c1-16-11-13-30-25(16)28-31-21-10-8-18(15-24(21)33-28)17-7-9-20-19(14-17)4-2-5-22-26(20)34-27(32-22)23-6-3-12-29-23/h7-10,14-15,23,25,29-30H,1-6,11-13H2,(H,31,33)(H,32,34). The first-order valence-corrected chi connectivity index (χ1v) is 12.6. The predicted octanol–water partition coefficient (Wildman–Crippen LogP) is 5.12. The SMILES string of the molecule is C=C1CCNC1c1nc2ccc(-c3ccc4c(c3)CCCc3[nH]c(C5CCCN5)nc3-4)cc2[nH]1. The molecule has 2 atom stereocenters. The van der Waals surface area contributed by atoms with Gasteiger partial charge in [0.1, 0.15) is 11.6 Å². The summed E-state index contributed by atoms with van der Waals surface area (Å²) in [5.41, 5.74) is 10.9. The topological polar surface area (TPSA) is 81.4 Å². The highest BCUT2D eigenvalue weighted by Gasteiger charge is 2.25. The van der Waals surface area contributed by atoms with Crippen molar-refractivity contribution >= 4 is 11.0 Å². The lowest BCUT2D eigenvalue weighted by Crippen LogP contribution is -2.14. The molecule has 4 N–H and O–H groups in total. The Balaban J connectivity index is 1.23. The van der Waals surface area contributed by atoms with E-state index in [0.717, 1.165) is 67.1 Å². The van der Waals surface area contributed by atoms with E-state index in [1.54, 1.807) is 0 Å². The molecule has 2 fully saturated rings. The number of aromatic amines is 2. The van der Waals surface area contributed by atoms with Crippen molar-refractivity contribution in [1.29, 1.82) is 0 Å². The number of benzene rings is 2. The maximum Gasteiger partial charge on any atom is 0.128 e. The van der Waals surface area contributed by atoms with Crippen LogP contribution in [0.5, 0.6) is 0 Å². The van der Waals surface area contributed by atoms with Crippen molar-refractivity contribution in [2.45, 2.75) is 50.6 Å². The van der Waals surface area contributed by atoms with Gasteiger partial charge in [-0.25, -0.2) is 9.97 Å². The highest BCUT2D eigenvalue weighted by atomic mass is 15.1. The molecule has 7 rings (SSSR count). The van der Waals surface area contributed by atoms with Crippen LogP contribution in [0.25, 0.3) is 33.4 Å². The molecule has 6 heteroatoms. The molecule has 1 aliphatic carbocycles. The van der Waals surface area contributed by atoms with E-state index < -0.39 is 0 Å². The monoisotopic (exact) mass is 450 g/mol. The van der Waals surface area contributed by atoms with Crippen LogP contribution in [0, 0.1) is 0 Å². The summed E-state index contributed by atoms with van der Waals surface area (Å²) in [7, 11) is 0. The zero-order valence-corrected chi connectivity index (χ0v) is 19.4. The van der Waals surface area contributed by atoms with Crippen LogP contribution in [0.4, 0.5) is 0 Å². The normalized spacial score (nSPS) is 22.2. The molecule has 3 aliphatic rings. The molecule has 0 bridgehead atoms. The van der Waals surface area contributed by atoms with Gasteiger partial charge in [0, 0.05) is 11.3 Å². The minimum absolute atomic E-state index is 0.135. The highest BCUT2D eigenvalue weighted by Crippen LogP contribution is 2.36. The van der Waals surface area contributed by atoms with Crippen LogP contribution in [0.1, 0.15) is 60.7 Å². The number of fused-ring (bicyclic) bond motifs is 4. The Morgan fingerprint density at radius 3 is 2.59 bits per heavy atom. The summed E-state index contributed by atoms with van der Waals surface area (Å²) in [6.45, 7) is 6.26. The van der Waals surface area contributed by atoms with Crippen molar-refractivity contribution in [3.8, 4) is 22.4 Å². The minimum Gasteiger partial charge on any atom is -0.344 e. The molecule has 0 saturated carbocycles. The number of aryl methyl sites for hydroxylation is 2. The van der Waals surface area contributed by atoms with E-state index in [-0.39, 0.29) is 6.04 Å². The summed E-state index contributed by atoms with van der Waals surface area (Å²) in [5.74, 6) is 2.08. The van der Waals surface area contributed by atoms with Gasteiger partial charge in [0.05, 0.1) is 28.8 Å². The third kappa shape index (κ3) is 3.32. The van der Waals surface area contributed by atoms with Crippen LogP contribution in [0.2, 0.25) is 0 Å².